The van der Waals surface area contributed by atoms with E-state index in [9.17, 15) is 14.7 Å². The number of aromatic nitrogens is 2. The lowest BCUT2D eigenvalue weighted by molar-refractivity contribution is 0.298. The molecule has 2 aliphatic rings. The molecule has 0 saturated heterocycles. The Morgan fingerprint density at radius 3 is 2.45 bits per heavy atom. The number of aromatic hydroxyl groups is 1. The Bertz CT molecular complexity index is 1310. The van der Waals surface area contributed by atoms with Crippen LogP contribution < -0.4 is 11.2 Å². The Morgan fingerprint density at radius 1 is 0.968 bits per heavy atom. The Labute approximate surface area is 179 Å². The van der Waals surface area contributed by atoms with Gasteiger partial charge in [0.25, 0.3) is 5.56 Å². The van der Waals surface area contributed by atoms with Crippen LogP contribution in [0, 0.1) is 0 Å². The molecule has 0 amide bonds. The summed E-state index contributed by atoms with van der Waals surface area (Å²) in [7, 11) is 0. The zero-order valence-corrected chi connectivity index (χ0v) is 17.0. The normalized spacial score (nSPS) is 17.5. The fourth-order valence-corrected chi connectivity index (χ4v) is 4.57. The number of H-pyrrole nitrogens is 1. The molecule has 5 rings (SSSR count). The predicted molar refractivity (Wildman–Crippen MR) is 122 cm³/mol. The van der Waals surface area contributed by atoms with Crippen molar-refractivity contribution in [3.8, 4) is 5.88 Å². The summed E-state index contributed by atoms with van der Waals surface area (Å²) in [6, 6.07) is 17.3. The molecule has 1 aliphatic carbocycles. The quantitative estimate of drug-likeness (QED) is 0.666. The third-order valence-corrected chi connectivity index (χ3v) is 6.11. The van der Waals surface area contributed by atoms with E-state index in [2.05, 4.69) is 4.98 Å². The van der Waals surface area contributed by atoms with Crippen molar-refractivity contribution in [3.05, 3.63) is 92.1 Å². The van der Waals surface area contributed by atoms with Gasteiger partial charge in [0.1, 0.15) is 5.56 Å². The van der Waals surface area contributed by atoms with Crippen molar-refractivity contribution in [2.24, 2.45) is 4.99 Å². The minimum atomic E-state index is -0.598. The van der Waals surface area contributed by atoms with E-state index in [0.717, 1.165) is 60.2 Å². The van der Waals surface area contributed by atoms with E-state index in [-0.39, 0.29) is 17.5 Å². The standard InChI is InChI=1S/C25H23N3O3/c29-23-20(24(30)28(25(31)27-23)17-11-5-2-6-12-17)15-19-18-13-7-8-14-21(18)26-22(19)16-9-3-1-4-10-16/h1,3-4,7-10,13-15,17,30H,2,5-6,11-12H2,(H,27,29,31)/b19-15-. The number of aromatic amines is 1. The van der Waals surface area contributed by atoms with Crippen LogP contribution in [0.1, 0.15) is 54.8 Å². The number of rotatable bonds is 3. The molecule has 1 aliphatic heterocycles. The largest absolute Gasteiger partial charge is 0.494 e. The number of para-hydroxylation sites is 1. The van der Waals surface area contributed by atoms with Crippen molar-refractivity contribution in [1.82, 2.24) is 9.55 Å². The van der Waals surface area contributed by atoms with Crippen LogP contribution in [0.4, 0.5) is 5.69 Å². The molecule has 0 atom stereocenters. The van der Waals surface area contributed by atoms with Crippen LogP contribution in [0.5, 0.6) is 5.88 Å². The maximum atomic E-state index is 12.7. The number of hydrogen-bond donors (Lipinski definition) is 2. The predicted octanol–water partition coefficient (Wildman–Crippen LogP) is 4.42. The Kier molecular flexibility index (Phi) is 4.90. The second-order valence-electron chi connectivity index (χ2n) is 8.06. The molecular weight excluding hydrogens is 390 g/mol. The van der Waals surface area contributed by atoms with Gasteiger partial charge in [0.15, 0.2) is 0 Å². The first-order chi connectivity index (χ1) is 15.1. The minimum absolute atomic E-state index is 0.0838. The van der Waals surface area contributed by atoms with Crippen LogP contribution in [0.2, 0.25) is 0 Å². The molecule has 6 nitrogen and oxygen atoms in total. The van der Waals surface area contributed by atoms with Crippen molar-refractivity contribution in [1.29, 1.82) is 0 Å². The number of nitrogens with one attached hydrogen (secondary N) is 1. The van der Waals surface area contributed by atoms with Crippen LogP contribution in [-0.4, -0.2) is 20.4 Å². The fraction of sp³-hybridized carbons (Fsp3) is 0.240. The monoisotopic (exact) mass is 413 g/mol. The number of nitrogens with zero attached hydrogens (tertiary/aromatic N) is 2. The first-order valence-corrected chi connectivity index (χ1v) is 10.7. The van der Waals surface area contributed by atoms with Gasteiger partial charge >= 0.3 is 5.69 Å². The van der Waals surface area contributed by atoms with Gasteiger partial charge in [0.2, 0.25) is 5.88 Å². The van der Waals surface area contributed by atoms with Crippen LogP contribution in [0.3, 0.4) is 0 Å². The van der Waals surface area contributed by atoms with Gasteiger partial charge in [-0.2, -0.15) is 0 Å². The summed E-state index contributed by atoms with van der Waals surface area (Å²) >= 11 is 0. The van der Waals surface area contributed by atoms with Crippen molar-refractivity contribution in [2.75, 3.05) is 0 Å². The molecule has 1 aromatic heterocycles. The van der Waals surface area contributed by atoms with E-state index >= 15 is 0 Å². The Balaban J connectivity index is 1.69. The molecule has 0 bridgehead atoms. The molecule has 0 radical (unpaired) electrons. The van der Waals surface area contributed by atoms with Gasteiger partial charge in [-0.05, 0) is 25.0 Å². The summed E-state index contributed by atoms with van der Waals surface area (Å²) in [6.45, 7) is 0. The molecule has 0 spiro atoms. The van der Waals surface area contributed by atoms with Crippen molar-refractivity contribution >= 4 is 23.0 Å². The summed E-state index contributed by atoms with van der Waals surface area (Å²) < 4.78 is 1.35. The molecule has 2 N–H and O–H groups in total. The van der Waals surface area contributed by atoms with E-state index < -0.39 is 11.2 Å². The highest BCUT2D eigenvalue weighted by atomic mass is 16.3. The highest BCUT2D eigenvalue weighted by Gasteiger charge is 2.26. The number of benzene rings is 2. The SMILES string of the molecule is O=c1[nH]c(=O)n(C2CCCCC2)c(O)c1/C=C1\C(c2ccccc2)=Nc2ccccc21. The molecule has 2 aromatic carbocycles. The summed E-state index contributed by atoms with van der Waals surface area (Å²) in [5.41, 5.74) is 3.02. The third kappa shape index (κ3) is 3.44. The lowest BCUT2D eigenvalue weighted by Crippen LogP contribution is -2.34. The Hall–Kier alpha value is -3.67. The zero-order valence-electron chi connectivity index (χ0n) is 17.0. The van der Waals surface area contributed by atoms with Crippen LogP contribution in [-0.2, 0) is 0 Å². The van der Waals surface area contributed by atoms with Crippen LogP contribution in [0.25, 0.3) is 11.6 Å². The molecule has 6 heteroatoms. The van der Waals surface area contributed by atoms with E-state index in [0.29, 0.717) is 0 Å². The lowest BCUT2D eigenvalue weighted by atomic mass is 9.94. The number of fused-ring (bicyclic) bond motifs is 1. The first-order valence-electron chi connectivity index (χ1n) is 10.7. The number of hydrogen-bond acceptors (Lipinski definition) is 4. The molecule has 3 aromatic rings. The van der Waals surface area contributed by atoms with Crippen LogP contribution >= 0.6 is 0 Å². The average molecular weight is 413 g/mol. The summed E-state index contributed by atoms with van der Waals surface area (Å²) in [5.74, 6) is -0.273. The molecule has 1 fully saturated rings. The molecule has 1 saturated carbocycles. The molecule has 0 unspecified atom stereocenters. The van der Waals surface area contributed by atoms with Gasteiger partial charge in [-0.3, -0.25) is 14.3 Å². The van der Waals surface area contributed by atoms with Crippen molar-refractivity contribution in [3.63, 3.8) is 0 Å². The highest BCUT2D eigenvalue weighted by Crippen LogP contribution is 2.38. The minimum Gasteiger partial charge on any atom is -0.494 e. The van der Waals surface area contributed by atoms with Gasteiger partial charge < -0.3 is 5.11 Å². The summed E-state index contributed by atoms with van der Waals surface area (Å²) in [5, 5.41) is 11.0. The van der Waals surface area contributed by atoms with Gasteiger partial charge in [0.05, 0.1) is 11.4 Å². The average Bonchev–Trinajstić information content (AvgIpc) is 3.16. The molecular formula is C25H23N3O3. The molecule has 31 heavy (non-hydrogen) atoms. The van der Waals surface area contributed by atoms with Crippen LogP contribution in [0.15, 0.2) is 69.2 Å². The van der Waals surface area contributed by atoms with Gasteiger partial charge in [-0.25, -0.2) is 9.79 Å². The van der Waals surface area contributed by atoms with Gasteiger partial charge in [0, 0.05) is 22.7 Å². The topological polar surface area (TPSA) is 87.5 Å². The van der Waals surface area contributed by atoms with Crippen molar-refractivity contribution < 1.29 is 5.11 Å². The van der Waals surface area contributed by atoms with E-state index in [1.165, 1.54) is 4.57 Å². The smallest absolute Gasteiger partial charge is 0.331 e. The number of allylic oxidation sites excluding steroid dienone is 1. The van der Waals surface area contributed by atoms with Gasteiger partial charge in [-0.1, -0.05) is 67.8 Å². The van der Waals surface area contributed by atoms with E-state index in [4.69, 9.17) is 4.99 Å². The van der Waals surface area contributed by atoms with E-state index in [1.54, 1.807) is 6.08 Å². The van der Waals surface area contributed by atoms with E-state index in [1.807, 2.05) is 54.6 Å². The number of aliphatic imine (C=N–C) groups is 1. The van der Waals surface area contributed by atoms with Gasteiger partial charge in [-0.15, -0.1) is 0 Å². The highest BCUT2D eigenvalue weighted by molar-refractivity contribution is 6.39. The third-order valence-electron chi connectivity index (χ3n) is 6.11. The molecule has 2 heterocycles. The molecule has 156 valence electrons. The second kappa shape index (κ2) is 7.87. The van der Waals surface area contributed by atoms with Crippen molar-refractivity contribution in [2.45, 2.75) is 38.1 Å². The first kappa shape index (κ1) is 19.3. The zero-order chi connectivity index (χ0) is 21.4. The summed E-state index contributed by atoms with van der Waals surface area (Å²) in [4.78, 5) is 32.4. The fourth-order valence-electron chi connectivity index (χ4n) is 4.57. The lowest BCUT2D eigenvalue weighted by Gasteiger charge is -2.24. The summed E-state index contributed by atoms with van der Waals surface area (Å²) in [6.07, 6.45) is 6.42. The maximum Gasteiger partial charge on any atom is 0.331 e. The maximum absolute atomic E-state index is 12.7. The second-order valence-corrected chi connectivity index (χ2v) is 8.06. The Morgan fingerprint density at radius 2 is 1.68 bits per heavy atom.